The van der Waals surface area contributed by atoms with Gasteiger partial charge in [-0.05, 0) is 39.1 Å². The molecule has 1 atom stereocenters. The third-order valence-electron chi connectivity index (χ3n) is 5.24. The number of anilines is 1. The first-order valence-electron chi connectivity index (χ1n) is 9.44. The highest BCUT2D eigenvalue weighted by Gasteiger charge is 2.39. The molecular weight excluding hydrogens is 330 g/mol. The van der Waals surface area contributed by atoms with E-state index in [4.69, 9.17) is 4.74 Å². The van der Waals surface area contributed by atoms with Crippen LogP contribution < -0.4 is 4.90 Å². The van der Waals surface area contributed by atoms with Crippen LogP contribution in [0.4, 0.5) is 5.69 Å². The van der Waals surface area contributed by atoms with Gasteiger partial charge in [0.05, 0.1) is 5.92 Å². The molecule has 1 aromatic rings. The molecule has 6 heteroatoms. The van der Waals surface area contributed by atoms with Crippen molar-refractivity contribution in [1.82, 2.24) is 9.80 Å². The Labute approximate surface area is 155 Å². The average Bonchev–Trinajstić information content (AvgIpc) is 3.05. The van der Waals surface area contributed by atoms with E-state index in [1.54, 1.807) is 4.90 Å². The normalized spacial score (nSPS) is 21.4. The molecule has 2 aliphatic rings. The van der Waals surface area contributed by atoms with Crippen LogP contribution in [0.3, 0.4) is 0 Å². The molecule has 26 heavy (non-hydrogen) atoms. The molecule has 0 spiro atoms. The molecule has 2 aliphatic heterocycles. The lowest BCUT2D eigenvalue weighted by molar-refractivity contribution is -0.140. The molecule has 0 N–H and O–H groups in total. The summed E-state index contributed by atoms with van der Waals surface area (Å²) in [5, 5.41) is 0. The van der Waals surface area contributed by atoms with E-state index in [0.29, 0.717) is 32.7 Å². The van der Waals surface area contributed by atoms with Gasteiger partial charge in [-0.15, -0.1) is 0 Å². The van der Waals surface area contributed by atoms with Crippen molar-refractivity contribution in [3.63, 3.8) is 0 Å². The summed E-state index contributed by atoms with van der Waals surface area (Å²) in [4.78, 5) is 31.6. The molecule has 2 amide bonds. The number of carbonyl (C=O) groups excluding carboxylic acids is 2. The van der Waals surface area contributed by atoms with Crippen LogP contribution >= 0.6 is 0 Å². The van der Waals surface area contributed by atoms with Crippen LogP contribution in [0.15, 0.2) is 30.3 Å². The quantitative estimate of drug-likeness (QED) is 0.774. The van der Waals surface area contributed by atoms with Gasteiger partial charge in [-0.3, -0.25) is 9.59 Å². The number of rotatable bonds is 6. The SMILES string of the molecule is CN(C)CCN(C(=O)C1CC(=O)N(c2ccccc2)C1)C1CCOCC1. The maximum atomic E-state index is 13.3. The zero-order chi connectivity index (χ0) is 18.5. The van der Waals surface area contributed by atoms with Gasteiger partial charge in [-0.1, -0.05) is 18.2 Å². The summed E-state index contributed by atoms with van der Waals surface area (Å²) < 4.78 is 5.46. The van der Waals surface area contributed by atoms with E-state index in [2.05, 4.69) is 4.90 Å². The average molecular weight is 359 g/mol. The minimum atomic E-state index is -0.257. The van der Waals surface area contributed by atoms with Crippen LogP contribution in [0.1, 0.15) is 19.3 Å². The molecular formula is C20H29N3O3. The smallest absolute Gasteiger partial charge is 0.228 e. The van der Waals surface area contributed by atoms with Crippen LogP contribution in [0, 0.1) is 5.92 Å². The molecule has 2 fully saturated rings. The monoisotopic (exact) mass is 359 g/mol. The molecule has 1 aromatic carbocycles. The molecule has 1 unspecified atom stereocenters. The van der Waals surface area contributed by atoms with E-state index in [-0.39, 0.29) is 23.8 Å². The number of para-hydroxylation sites is 1. The molecule has 0 bridgehead atoms. The van der Waals surface area contributed by atoms with E-state index >= 15 is 0 Å². The van der Waals surface area contributed by atoms with E-state index in [9.17, 15) is 9.59 Å². The van der Waals surface area contributed by atoms with Gasteiger partial charge < -0.3 is 19.4 Å². The molecule has 0 aliphatic carbocycles. The van der Waals surface area contributed by atoms with Gasteiger partial charge in [0.1, 0.15) is 0 Å². The Morgan fingerprint density at radius 3 is 2.50 bits per heavy atom. The van der Waals surface area contributed by atoms with Gasteiger partial charge in [-0.25, -0.2) is 0 Å². The second kappa shape index (κ2) is 8.64. The molecule has 0 radical (unpaired) electrons. The zero-order valence-corrected chi connectivity index (χ0v) is 15.8. The number of ether oxygens (including phenoxy) is 1. The predicted molar refractivity (Wildman–Crippen MR) is 101 cm³/mol. The molecule has 142 valence electrons. The summed E-state index contributed by atoms with van der Waals surface area (Å²) in [5.74, 6) is -0.104. The highest BCUT2D eigenvalue weighted by molar-refractivity contribution is 6.00. The Kier molecular flexibility index (Phi) is 6.27. The summed E-state index contributed by atoms with van der Waals surface area (Å²) in [6.45, 7) is 3.41. The molecule has 2 saturated heterocycles. The van der Waals surface area contributed by atoms with Crippen LogP contribution in [-0.2, 0) is 14.3 Å². The van der Waals surface area contributed by atoms with Crippen molar-refractivity contribution < 1.29 is 14.3 Å². The van der Waals surface area contributed by atoms with Crippen LogP contribution in [0.25, 0.3) is 0 Å². The number of nitrogens with zero attached hydrogens (tertiary/aromatic N) is 3. The van der Waals surface area contributed by atoms with Crippen LogP contribution in [0.2, 0.25) is 0 Å². The Bertz CT molecular complexity index is 614. The largest absolute Gasteiger partial charge is 0.381 e. The van der Waals surface area contributed by atoms with Crippen molar-refractivity contribution >= 4 is 17.5 Å². The highest BCUT2D eigenvalue weighted by Crippen LogP contribution is 2.27. The maximum absolute atomic E-state index is 13.3. The Hall–Kier alpha value is -1.92. The van der Waals surface area contributed by atoms with Crippen molar-refractivity contribution in [2.75, 3.05) is 51.8 Å². The van der Waals surface area contributed by atoms with Crippen molar-refractivity contribution in [2.24, 2.45) is 5.92 Å². The standard InChI is InChI=1S/C20H29N3O3/c1-21(2)10-11-22(18-8-12-26-13-9-18)20(25)16-14-19(24)23(15-16)17-6-4-3-5-7-17/h3-7,16,18H,8-15H2,1-2H3. The fraction of sp³-hybridized carbons (Fsp3) is 0.600. The Morgan fingerprint density at radius 2 is 1.85 bits per heavy atom. The van der Waals surface area contributed by atoms with Crippen molar-refractivity contribution in [3.05, 3.63) is 30.3 Å². The Morgan fingerprint density at radius 1 is 1.15 bits per heavy atom. The maximum Gasteiger partial charge on any atom is 0.228 e. The predicted octanol–water partition coefficient (Wildman–Crippen LogP) is 1.61. The zero-order valence-electron chi connectivity index (χ0n) is 15.8. The molecule has 3 rings (SSSR count). The Balaban J connectivity index is 1.70. The number of likely N-dealkylation sites (N-methyl/N-ethyl adjacent to an activating group) is 1. The van der Waals surface area contributed by atoms with Gasteiger partial charge in [0, 0.05) is 51.0 Å². The number of amides is 2. The number of hydrogen-bond acceptors (Lipinski definition) is 4. The number of benzene rings is 1. The van der Waals surface area contributed by atoms with Crippen molar-refractivity contribution in [2.45, 2.75) is 25.3 Å². The van der Waals surface area contributed by atoms with Crippen LogP contribution in [0.5, 0.6) is 0 Å². The van der Waals surface area contributed by atoms with E-state index in [1.165, 1.54) is 0 Å². The lowest BCUT2D eigenvalue weighted by Crippen LogP contribution is -2.49. The third kappa shape index (κ3) is 4.43. The molecule has 0 saturated carbocycles. The lowest BCUT2D eigenvalue weighted by atomic mass is 10.0. The van der Waals surface area contributed by atoms with E-state index in [0.717, 1.165) is 25.1 Å². The first-order valence-corrected chi connectivity index (χ1v) is 9.44. The van der Waals surface area contributed by atoms with Gasteiger partial charge >= 0.3 is 0 Å². The minimum Gasteiger partial charge on any atom is -0.381 e. The third-order valence-corrected chi connectivity index (χ3v) is 5.24. The van der Waals surface area contributed by atoms with E-state index in [1.807, 2.05) is 49.3 Å². The van der Waals surface area contributed by atoms with Gasteiger partial charge in [0.2, 0.25) is 11.8 Å². The summed E-state index contributed by atoms with van der Waals surface area (Å²) in [5.41, 5.74) is 0.874. The summed E-state index contributed by atoms with van der Waals surface area (Å²) in [6.07, 6.45) is 2.06. The first-order chi connectivity index (χ1) is 12.6. The summed E-state index contributed by atoms with van der Waals surface area (Å²) in [6, 6.07) is 9.84. The lowest BCUT2D eigenvalue weighted by Gasteiger charge is -2.36. The topological polar surface area (TPSA) is 53.1 Å². The second-order valence-electron chi connectivity index (χ2n) is 7.42. The number of hydrogen-bond donors (Lipinski definition) is 0. The fourth-order valence-electron chi connectivity index (χ4n) is 3.74. The first kappa shape index (κ1) is 18.9. The van der Waals surface area contributed by atoms with Gasteiger partial charge in [-0.2, -0.15) is 0 Å². The summed E-state index contributed by atoms with van der Waals surface area (Å²) >= 11 is 0. The molecule has 0 aromatic heterocycles. The van der Waals surface area contributed by atoms with Gasteiger partial charge in [0.25, 0.3) is 0 Å². The van der Waals surface area contributed by atoms with Crippen molar-refractivity contribution in [1.29, 1.82) is 0 Å². The number of carbonyl (C=O) groups is 2. The fourth-order valence-corrected chi connectivity index (χ4v) is 3.74. The molecule has 2 heterocycles. The van der Waals surface area contributed by atoms with Gasteiger partial charge in [0.15, 0.2) is 0 Å². The van der Waals surface area contributed by atoms with Crippen molar-refractivity contribution in [3.8, 4) is 0 Å². The van der Waals surface area contributed by atoms with Crippen LogP contribution in [-0.4, -0.2) is 74.6 Å². The minimum absolute atomic E-state index is 0.0362. The summed E-state index contributed by atoms with van der Waals surface area (Å²) in [7, 11) is 4.03. The molecule has 6 nitrogen and oxygen atoms in total. The highest BCUT2D eigenvalue weighted by atomic mass is 16.5. The van der Waals surface area contributed by atoms with E-state index < -0.39 is 0 Å². The second-order valence-corrected chi connectivity index (χ2v) is 7.42.